The highest BCUT2D eigenvalue weighted by Gasteiger charge is 2.11. The molecule has 4 N–H and O–H groups in total. The van der Waals surface area contributed by atoms with Crippen LogP contribution in [0.25, 0.3) is 0 Å². The normalized spacial score (nSPS) is 12.1. The molecule has 0 radical (unpaired) electrons. The molecule has 1 unspecified atom stereocenters. The molecule has 0 bridgehead atoms. The van der Waals surface area contributed by atoms with E-state index in [4.69, 9.17) is 16.7 Å². The van der Waals surface area contributed by atoms with Crippen molar-refractivity contribution in [3.05, 3.63) is 29.3 Å². The third-order valence-electron chi connectivity index (χ3n) is 3.02. The number of nitrogens with zero attached hydrogens (tertiary/aromatic N) is 2. The molecule has 5 nitrogen and oxygen atoms in total. The van der Waals surface area contributed by atoms with E-state index in [-0.39, 0.29) is 5.92 Å². The molecular formula is C14H20N4O. The Morgan fingerprint density at radius 1 is 1.53 bits per heavy atom. The van der Waals surface area contributed by atoms with Crippen LogP contribution in [-0.2, 0) is 6.54 Å². The standard InChI is InChI=1S/C14H20N4O/c1-3-18(8-10(2)7-15)9-12-5-4-11(14(17)19)6-13(12)16/h4-6,10H,3,8-9,16H2,1-2H3,(H2,17,19). The number of primary amides is 1. The Morgan fingerprint density at radius 2 is 2.21 bits per heavy atom. The first-order valence-electron chi connectivity index (χ1n) is 6.28. The van der Waals surface area contributed by atoms with Gasteiger partial charge in [0.2, 0.25) is 5.91 Å². The van der Waals surface area contributed by atoms with E-state index in [1.54, 1.807) is 12.1 Å². The highest BCUT2D eigenvalue weighted by atomic mass is 16.1. The van der Waals surface area contributed by atoms with Crippen LogP contribution in [0.2, 0.25) is 0 Å². The summed E-state index contributed by atoms with van der Waals surface area (Å²) in [7, 11) is 0. The first kappa shape index (κ1) is 15.0. The molecule has 1 aromatic carbocycles. The molecule has 1 amide bonds. The van der Waals surface area contributed by atoms with Gasteiger partial charge in [-0.05, 0) is 31.2 Å². The van der Waals surface area contributed by atoms with Gasteiger partial charge in [-0.2, -0.15) is 5.26 Å². The molecule has 5 heteroatoms. The summed E-state index contributed by atoms with van der Waals surface area (Å²) in [5, 5.41) is 8.84. The number of hydrogen-bond acceptors (Lipinski definition) is 4. The number of hydrogen-bond donors (Lipinski definition) is 2. The summed E-state index contributed by atoms with van der Waals surface area (Å²) in [5.74, 6) is -0.505. The lowest BCUT2D eigenvalue weighted by Gasteiger charge is -2.22. The lowest BCUT2D eigenvalue weighted by Crippen LogP contribution is -2.28. The van der Waals surface area contributed by atoms with Crippen LogP contribution in [-0.4, -0.2) is 23.9 Å². The molecule has 102 valence electrons. The Labute approximate surface area is 113 Å². The van der Waals surface area contributed by atoms with Crippen LogP contribution in [0.4, 0.5) is 5.69 Å². The number of anilines is 1. The van der Waals surface area contributed by atoms with Crippen LogP contribution in [0.1, 0.15) is 29.8 Å². The second-order valence-electron chi connectivity index (χ2n) is 4.64. The first-order valence-corrected chi connectivity index (χ1v) is 6.28. The minimum absolute atomic E-state index is 0.0222. The van der Waals surface area contributed by atoms with Crippen molar-refractivity contribution in [2.75, 3.05) is 18.8 Å². The molecule has 0 saturated heterocycles. The zero-order valence-electron chi connectivity index (χ0n) is 11.4. The second kappa shape index (κ2) is 6.76. The van der Waals surface area contributed by atoms with Crippen molar-refractivity contribution in [3.8, 4) is 6.07 Å². The lowest BCUT2D eigenvalue weighted by molar-refractivity contribution is 0.100. The maximum atomic E-state index is 11.0. The van der Waals surface area contributed by atoms with E-state index in [1.807, 2.05) is 19.9 Å². The van der Waals surface area contributed by atoms with Gasteiger partial charge in [-0.25, -0.2) is 0 Å². The van der Waals surface area contributed by atoms with E-state index in [1.165, 1.54) is 0 Å². The molecule has 0 aliphatic carbocycles. The number of rotatable bonds is 6. The molecule has 0 heterocycles. The van der Waals surface area contributed by atoms with Crippen LogP contribution in [0.5, 0.6) is 0 Å². The molecular weight excluding hydrogens is 240 g/mol. The second-order valence-corrected chi connectivity index (χ2v) is 4.64. The molecule has 19 heavy (non-hydrogen) atoms. The maximum Gasteiger partial charge on any atom is 0.248 e. The highest BCUT2D eigenvalue weighted by molar-refractivity contribution is 5.93. The third-order valence-corrected chi connectivity index (χ3v) is 3.02. The van der Waals surface area contributed by atoms with Crippen LogP contribution in [0.15, 0.2) is 18.2 Å². The van der Waals surface area contributed by atoms with Gasteiger partial charge in [0.25, 0.3) is 0 Å². The van der Waals surface area contributed by atoms with Crippen molar-refractivity contribution < 1.29 is 4.79 Å². The van der Waals surface area contributed by atoms with Gasteiger partial charge in [0.1, 0.15) is 0 Å². The van der Waals surface area contributed by atoms with E-state index in [0.29, 0.717) is 24.3 Å². The van der Waals surface area contributed by atoms with Crippen molar-refractivity contribution in [1.82, 2.24) is 4.90 Å². The molecule has 0 aliphatic heterocycles. The van der Waals surface area contributed by atoms with Crippen molar-refractivity contribution in [1.29, 1.82) is 5.26 Å². The number of nitrogen functional groups attached to an aromatic ring is 1. The Hall–Kier alpha value is -2.06. The largest absolute Gasteiger partial charge is 0.398 e. The monoisotopic (exact) mass is 260 g/mol. The molecule has 0 fully saturated rings. The Morgan fingerprint density at radius 3 is 2.68 bits per heavy atom. The fourth-order valence-corrected chi connectivity index (χ4v) is 1.87. The van der Waals surface area contributed by atoms with Crippen molar-refractivity contribution in [2.24, 2.45) is 11.7 Å². The van der Waals surface area contributed by atoms with Gasteiger partial charge in [-0.3, -0.25) is 9.69 Å². The van der Waals surface area contributed by atoms with Crippen LogP contribution >= 0.6 is 0 Å². The minimum Gasteiger partial charge on any atom is -0.398 e. The predicted octanol–water partition coefficient (Wildman–Crippen LogP) is 1.35. The Balaban J connectivity index is 2.81. The summed E-state index contributed by atoms with van der Waals surface area (Å²) >= 11 is 0. The number of carbonyl (C=O) groups excluding carboxylic acids is 1. The van der Waals surface area contributed by atoms with Gasteiger partial charge >= 0.3 is 0 Å². The number of benzene rings is 1. The van der Waals surface area contributed by atoms with Gasteiger partial charge in [0, 0.05) is 24.3 Å². The minimum atomic E-state index is -0.483. The number of nitrogens with two attached hydrogens (primary N) is 2. The quantitative estimate of drug-likeness (QED) is 0.754. The van der Waals surface area contributed by atoms with Crippen LogP contribution in [0.3, 0.4) is 0 Å². The zero-order chi connectivity index (χ0) is 14.4. The fourth-order valence-electron chi connectivity index (χ4n) is 1.87. The topological polar surface area (TPSA) is 96.1 Å². The third kappa shape index (κ3) is 4.27. The predicted molar refractivity (Wildman–Crippen MR) is 75.1 cm³/mol. The number of amides is 1. The first-order chi connectivity index (χ1) is 8.97. The summed E-state index contributed by atoms with van der Waals surface area (Å²) in [6.45, 7) is 6.13. The number of carbonyl (C=O) groups is 1. The van der Waals surface area contributed by atoms with E-state index in [0.717, 1.165) is 12.1 Å². The van der Waals surface area contributed by atoms with Crippen LogP contribution < -0.4 is 11.5 Å². The molecule has 1 aromatic rings. The van der Waals surface area contributed by atoms with Gasteiger partial charge < -0.3 is 11.5 Å². The van der Waals surface area contributed by atoms with Crippen molar-refractivity contribution >= 4 is 11.6 Å². The number of nitriles is 1. The van der Waals surface area contributed by atoms with E-state index >= 15 is 0 Å². The van der Waals surface area contributed by atoms with Crippen molar-refractivity contribution in [3.63, 3.8) is 0 Å². The molecule has 0 aromatic heterocycles. The van der Waals surface area contributed by atoms with Gasteiger partial charge in [0.05, 0.1) is 12.0 Å². The highest BCUT2D eigenvalue weighted by Crippen LogP contribution is 2.17. The molecule has 1 atom stereocenters. The Bertz CT molecular complexity index is 493. The average Bonchev–Trinajstić information content (AvgIpc) is 2.39. The average molecular weight is 260 g/mol. The maximum absolute atomic E-state index is 11.0. The molecule has 1 rings (SSSR count). The van der Waals surface area contributed by atoms with E-state index in [9.17, 15) is 4.79 Å². The summed E-state index contributed by atoms with van der Waals surface area (Å²) in [6.07, 6.45) is 0. The molecule has 0 saturated carbocycles. The van der Waals surface area contributed by atoms with Crippen molar-refractivity contribution in [2.45, 2.75) is 20.4 Å². The molecule has 0 aliphatic rings. The van der Waals surface area contributed by atoms with Gasteiger partial charge in [-0.15, -0.1) is 0 Å². The summed E-state index contributed by atoms with van der Waals surface area (Å²) < 4.78 is 0. The zero-order valence-corrected chi connectivity index (χ0v) is 11.4. The van der Waals surface area contributed by atoms with Gasteiger partial charge in [0.15, 0.2) is 0 Å². The smallest absolute Gasteiger partial charge is 0.248 e. The fraction of sp³-hybridized carbons (Fsp3) is 0.429. The Kier molecular flexibility index (Phi) is 5.34. The summed E-state index contributed by atoms with van der Waals surface area (Å²) in [4.78, 5) is 13.2. The lowest BCUT2D eigenvalue weighted by atomic mass is 10.1. The van der Waals surface area contributed by atoms with E-state index in [2.05, 4.69) is 11.0 Å². The van der Waals surface area contributed by atoms with E-state index < -0.39 is 5.91 Å². The molecule has 0 spiro atoms. The van der Waals surface area contributed by atoms with Gasteiger partial charge in [-0.1, -0.05) is 13.0 Å². The SMILES string of the molecule is CCN(Cc1ccc(C(N)=O)cc1N)CC(C)C#N. The summed E-state index contributed by atoms with van der Waals surface area (Å²) in [6, 6.07) is 7.31. The van der Waals surface area contributed by atoms with Crippen LogP contribution in [0, 0.1) is 17.2 Å². The summed E-state index contributed by atoms with van der Waals surface area (Å²) in [5.41, 5.74) is 13.0.